The smallest absolute Gasteiger partial charge is 0.121 e. The van der Waals surface area contributed by atoms with E-state index in [2.05, 4.69) is 0 Å². The molecule has 0 saturated carbocycles. The summed E-state index contributed by atoms with van der Waals surface area (Å²) in [5, 5.41) is 20.6. The number of nitrogen functional groups attached to an aromatic ring is 2. The van der Waals surface area contributed by atoms with E-state index in [0.29, 0.717) is 22.6 Å². The third-order valence-corrected chi connectivity index (χ3v) is 2.25. The Bertz CT molecular complexity index is 369. The molecule has 1 aliphatic rings. The van der Waals surface area contributed by atoms with Crippen molar-refractivity contribution in [2.75, 3.05) is 23.2 Å². The topological polar surface area (TPSA) is 99.0 Å². The van der Waals surface area contributed by atoms with Gasteiger partial charge in [0.2, 0.25) is 0 Å². The van der Waals surface area contributed by atoms with Gasteiger partial charge in [-0.1, -0.05) is 0 Å². The molecule has 0 unspecified atom stereocenters. The Balaban J connectivity index is 2.57. The number of hydrogen-bond acceptors (Lipinski definition) is 6. The Morgan fingerprint density at radius 2 is 1.79 bits per heavy atom. The molecule has 1 heterocycles. The average Bonchev–Trinajstić information content (AvgIpc) is 2.10. The van der Waals surface area contributed by atoms with E-state index in [1.807, 2.05) is 0 Å². The Labute approximate surface area is 80.9 Å². The molecule has 0 amide bonds. The molecular formula is C8H12N4O2. The minimum absolute atomic E-state index is 0.000648. The van der Waals surface area contributed by atoms with Crippen LogP contribution in [0.3, 0.4) is 0 Å². The van der Waals surface area contributed by atoms with Crippen LogP contribution >= 0.6 is 0 Å². The molecule has 0 radical (unpaired) electrons. The van der Waals surface area contributed by atoms with Gasteiger partial charge < -0.3 is 16.7 Å². The largest absolute Gasteiger partial charge is 0.398 e. The molecular weight excluding hydrogens is 184 g/mol. The summed E-state index contributed by atoms with van der Waals surface area (Å²) >= 11 is 0. The molecule has 1 aliphatic heterocycles. The van der Waals surface area contributed by atoms with Gasteiger partial charge in [0.25, 0.3) is 0 Å². The highest BCUT2D eigenvalue weighted by molar-refractivity contribution is 5.77. The Morgan fingerprint density at radius 3 is 2.50 bits per heavy atom. The minimum Gasteiger partial charge on any atom is -0.398 e. The molecule has 1 aromatic carbocycles. The maximum absolute atomic E-state index is 9.53. The molecule has 6 heteroatoms. The first kappa shape index (κ1) is 9.07. The quantitative estimate of drug-likeness (QED) is 0.443. The molecule has 1 aromatic rings. The van der Waals surface area contributed by atoms with Crippen molar-refractivity contribution in [3.63, 3.8) is 0 Å². The van der Waals surface area contributed by atoms with Crippen molar-refractivity contribution < 1.29 is 10.4 Å². The molecule has 76 valence electrons. The van der Waals surface area contributed by atoms with Crippen molar-refractivity contribution in [1.29, 1.82) is 0 Å². The van der Waals surface area contributed by atoms with Gasteiger partial charge in [0.1, 0.15) is 6.67 Å². The zero-order chi connectivity index (χ0) is 10.3. The Hall–Kier alpha value is -1.50. The van der Waals surface area contributed by atoms with Crippen LogP contribution in [0.4, 0.5) is 17.1 Å². The highest BCUT2D eigenvalue weighted by Gasteiger charge is 2.24. The van der Waals surface area contributed by atoms with Crippen LogP contribution in [0.25, 0.3) is 0 Å². The minimum atomic E-state index is 0.000648. The van der Waals surface area contributed by atoms with Crippen LogP contribution in [0.2, 0.25) is 0 Å². The van der Waals surface area contributed by atoms with Crippen molar-refractivity contribution in [1.82, 2.24) is 5.06 Å². The Kier molecular flexibility index (Phi) is 1.95. The van der Waals surface area contributed by atoms with Crippen LogP contribution in [-0.2, 0) is 6.54 Å². The average molecular weight is 196 g/mol. The van der Waals surface area contributed by atoms with Crippen molar-refractivity contribution in [2.24, 2.45) is 0 Å². The van der Waals surface area contributed by atoms with Crippen molar-refractivity contribution in [3.05, 3.63) is 17.7 Å². The predicted octanol–water partition coefficient (Wildman–Crippen LogP) is 0.209. The second-order valence-corrected chi connectivity index (χ2v) is 3.28. The zero-order valence-corrected chi connectivity index (χ0v) is 7.51. The molecule has 6 N–H and O–H groups in total. The summed E-state index contributed by atoms with van der Waals surface area (Å²) in [7, 11) is 0. The van der Waals surface area contributed by atoms with Gasteiger partial charge >= 0.3 is 0 Å². The number of benzene rings is 1. The highest BCUT2D eigenvalue weighted by atomic mass is 16.5. The summed E-state index contributed by atoms with van der Waals surface area (Å²) in [5.74, 6) is 0. The first-order valence-electron chi connectivity index (χ1n) is 4.16. The summed E-state index contributed by atoms with van der Waals surface area (Å²) < 4.78 is 0. The summed E-state index contributed by atoms with van der Waals surface area (Å²) in [6.07, 6.45) is 0. The molecule has 0 fully saturated rings. The fourth-order valence-corrected chi connectivity index (χ4v) is 1.60. The van der Waals surface area contributed by atoms with E-state index in [-0.39, 0.29) is 13.2 Å². The van der Waals surface area contributed by atoms with E-state index in [0.717, 1.165) is 10.1 Å². The second-order valence-electron chi connectivity index (χ2n) is 3.28. The van der Waals surface area contributed by atoms with Crippen LogP contribution in [0.15, 0.2) is 12.1 Å². The number of hydrogen-bond donors (Lipinski definition) is 4. The summed E-state index contributed by atoms with van der Waals surface area (Å²) in [5.41, 5.74) is 13.5. The molecule has 0 atom stereocenters. The van der Waals surface area contributed by atoms with E-state index in [1.165, 1.54) is 0 Å². The lowest BCUT2D eigenvalue weighted by atomic mass is 10.1. The van der Waals surface area contributed by atoms with Gasteiger partial charge in [0.15, 0.2) is 0 Å². The van der Waals surface area contributed by atoms with Gasteiger partial charge in [0.05, 0.1) is 17.9 Å². The Morgan fingerprint density at radius 1 is 1.14 bits per heavy atom. The van der Waals surface area contributed by atoms with Crippen LogP contribution in [0.1, 0.15) is 5.56 Å². The monoisotopic (exact) mass is 196 g/mol. The van der Waals surface area contributed by atoms with Gasteiger partial charge in [-0.2, -0.15) is 5.06 Å². The predicted molar refractivity (Wildman–Crippen MR) is 51.7 cm³/mol. The fraction of sp³-hybridized carbons (Fsp3) is 0.250. The maximum atomic E-state index is 9.53. The van der Waals surface area contributed by atoms with Crippen LogP contribution in [0, 0.1) is 0 Å². The molecule has 2 rings (SSSR count). The summed E-state index contributed by atoms with van der Waals surface area (Å²) in [6.45, 7) is 0.268. The van der Waals surface area contributed by atoms with Crippen LogP contribution in [-0.4, -0.2) is 22.1 Å². The van der Waals surface area contributed by atoms with Gasteiger partial charge in [0, 0.05) is 11.3 Å². The van der Waals surface area contributed by atoms with E-state index >= 15 is 0 Å². The molecule has 0 bridgehead atoms. The highest BCUT2D eigenvalue weighted by Crippen LogP contribution is 2.34. The van der Waals surface area contributed by atoms with E-state index in [1.54, 1.807) is 12.1 Å². The second kappa shape index (κ2) is 3.02. The molecule has 0 aromatic heterocycles. The number of nitrogens with zero attached hydrogens (tertiary/aromatic N) is 2. The third kappa shape index (κ3) is 1.25. The number of anilines is 3. The lowest BCUT2D eigenvalue weighted by Crippen LogP contribution is -2.39. The molecule has 0 spiro atoms. The molecule has 14 heavy (non-hydrogen) atoms. The van der Waals surface area contributed by atoms with Gasteiger partial charge in [-0.05, 0) is 12.1 Å². The van der Waals surface area contributed by atoms with Crippen molar-refractivity contribution >= 4 is 17.1 Å². The van der Waals surface area contributed by atoms with E-state index < -0.39 is 0 Å². The fourth-order valence-electron chi connectivity index (χ4n) is 1.60. The number of nitrogens with two attached hydrogens (primary N) is 2. The number of hydroxylamine groups is 3. The SMILES string of the molecule is Nc1ccc(N)c2c1CN(O)CN2O. The first-order chi connectivity index (χ1) is 6.59. The number of fused-ring (bicyclic) bond motifs is 1. The lowest BCUT2D eigenvalue weighted by molar-refractivity contribution is -0.117. The normalized spacial score (nSPS) is 16.9. The molecule has 0 saturated heterocycles. The van der Waals surface area contributed by atoms with Gasteiger partial charge in [-0.3, -0.25) is 5.21 Å². The summed E-state index contributed by atoms with van der Waals surface area (Å²) in [4.78, 5) is 0. The number of rotatable bonds is 0. The first-order valence-corrected chi connectivity index (χ1v) is 4.16. The van der Waals surface area contributed by atoms with Crippen molar-refractivity contribution in [2.45, 2.75) is 6.54 Å². The van der Waals surface area contributed by atoms with Gasteiger partial charge in [-0.25, -0.2) is 5.06 Å². The standard InChI is InChI=1S/C8H12N4O2/c9-6-1-2-7(10)8-5(6)3-11(13)4-12(8)14/h1-2,13-14H,3-4,9-10H2. The van der Waals surface area contributed by atoms with Crippen LogP contribution in [0.5, 0.6) is 0 Å². The molecule has 0 aliphatic carbocycles. The lowest BCUT2D eigenvalue weighted by Gasteiger charge is -2.32. The van der Waals surface area contributed by atoms with Crippen LogP contribution < -0.4 is 16.5 Å². The molecule has 6 nitrogen and oxygen atoms in total. The third-order valence-electron chi connectivity index (χ3n) is 2.25. The zero-order valence-electron chi connectivity index (χ0n) is 7.51. The summed E-state index contributed by atoms with van der Waals surface area (Å²) in [6, 6.07) is 3.28. The maximum Gasteiger partial charge on any atom is 0.121 e. The van der Waals surface area contributed by atoms with Gasteiger partial charge in [-0.15, -0.1) is 0 Å². The van der Waals surface area contributed by atoms with E-state index in [4.69, 9.17) is 11.5 Å². The van der Waals surface area contributed by atoms with Crippen molar-refractivity contribution in [3.8, 4) is 0 Å². The van der Waals surface area contributed by atoms with E-state index in [9.17, 15) is 10.4 Å².